The Morgan fingerprint density at radius 2 is 1.75 bits per heavy atom. The summed E-state index contributed by atoms with van der Waals surface area (Å²) in [5, 5.41) is 0. The summed E-state index contributed by atoms with van der Waals surface area (Å²) in [6, 6.07) is 6.70. The SMILES string of the molecule is CO[C@H]1CC[C@H](/C=C/c2ccc(OC(F)F)cc2)CC1. The molecule has 1 aromatic carbocycles. The number of rotatable bonds is 5. The second-order valence-corrected chi connectivity index (χ2v) is 5.08. The van der Waals surface area contributed by atoms with Gasteiger partial charge in [0.25, 0.3) is 0 Å². The minimum Gasteiger partial charge on any atom is -0.435 e. The molecule has 0 spiro atoms. The largest absolute Gasteiger partial charge is 0.435 e. The minimum atomic E-state index is -2.77. The fourth-order valence-electron chi connectivity index (χ4n) is 2.52. The van der Waals surface area contributed by atoms with Crippen molar-refractivity contribution in [3.8, 4) is 5.75 Å². The average Bonchev–Trinajstić information content (AvgIpc) is 2.46. The van der Waals surface area contributed by atoms with E-state index >= 15 is 0 Å². The molecule has 0 unspecified atom stereocenters. The molecule has 0 radical (unpaired) electrons. The molecule has 0 aliphatic heterocycles. The molecular formula is C16H20F2O2. The number of methoxy groups -OCH3 is 1. The van der Waals surface area contributed by atoms with E-state index in [0.29, 0.717) is 12.0 Å². The standard InChI is InChI=1S/C16H20F2O2/c1-19-14-8-4-12(5-9-14)2-3-13-6-10-15(11-7-13)20-16(17)18/h2-3,6-7,10-12,14,16H,4-5,8-9H2,1H3/b3-2+/t12-,14-. The Morgan fingerprint density at radius 1 is 1.10 bits per heavy atom. The first-order valence-electron chi connectivity index (χ1n) is 6.93. The molecule has 4 heteroatoms. The maximum atomic E-state index is 12.0. The van der Waals surface area contributed by atoms with Crippen LogP contribution < -0.4 is 4.74 Å². The Kier molecular flexibility index (Phi) is 5.53. The lowest BCUT2D eigenvalue weighted by molar-refractivity contribution is -0.0498. The van der Waals surface area contributed by atoms with E-state index in [1.165, 1.54) is 0 Å². The smallest absolute Gasteiger partial charge is 0.387 e. The van der Waals surface area contributed by atoms with Crippen LogP contribution in [0, 0.1) is 5.92 Å². The molecule has 2 rings (SSSR count). The van der Waals surface area contributed by atoms with Gasteiger partial charge in [0.2, 0.25) is 0 Å². The zero-order valence-electron chi connectivity index (χ0n) is 11.6. The van der Waals surface area contributed by atoms with Crippen LogP contribution in [-0.4, -0.2) is 19.8 Å². The van der Waals surface area contributed by atoms with Crippen LogP contribution >= 0.6 is 0 Å². The van der Waals surface area contributed by atoms with Crippen LogP contribution in [0.1, 0.15) is 31.2 Å². The second-order valence-electron chi connectivity index (χ2n) is 5.08. The highest BCUT2D eigenvalue weighted by molar-refractivity contribution is 5.50. The van der Waals surface area contributed by atoms with Crippen molar-refractivity contribution in [3.05, 3.63) is 35.9 Å². The molecule has 1 aliphatic rings. The fraction of sp³-hybridized carbons (Fsp3) is 0.500. The maximum absolute atomic E-state index is 12.0. The summed E-state index contributed by atoms with van der Waals surface area (Å²) in [4.78, 5) is 0. The third-order valence-corrected chi connectivity index (χ3v) is 3.72. The van der Waals surface area contributed by atoms with E-state index in [9.17, 15) is 8.78 Å². The van der Waals surface area contributed by atoms with Crippen molar-refractivity contribution in [2.75, 3.05) is 7.11 Å². The molecule has 1 aromatic rings. The lowest BCUT2D eigenvalue weighted by Gasteiger charge is -2.25. The number of alkyl halides is 2. The highest BCUT2D eigenvalue weighted by atomic mass is 19.3. The van der Waals surface area contributed by atoms with E-state index in [0.717, 1.165) is 31.2 Å². The molecule has 0 saturated heterocycles. The van der Waals surface area contributed by atoms with Gasteiger partial charge in [-0.2, -0.15) is 8.78 Å². The van der Waals surface area contributed by atoms with Gasteiger partial charge in [-0.3, -0.25) is 0 Å². The van der Waals surface area contributed by atoms with E-state index in [-0.39, 0.29) is 5.75 Å². The zero-order valence-corrected chi connectivity index (χ0v) is 11.6. The van der Waals surface area contributed by atoms with Crippen molar-refractivity contribution in [2.45, 2.75) is 38.4 Å². The Morgan fingerprint density at radius 3 is 2.30 bits per heavy atom. The number of halogens is 2. The molecule has 1 fully saturated rings. The number of hydrogen-bond acceptors (Lipinski definition) is 2. The Balaban J connectivity index is 1.85. The number of ether oxygens (including phenoxy) is 2. The molecule has 0 atom stereocenters. The van der Waals surface area contributed by atoms with E-state index < -0.39 is 6.61 Å². The van der Waals surface area contributed by atoms with Gasteiger partial charge in [-0.05, 0) is 49.3 Å². The first-order valence-corrected chi connectivity index (χ1v) is 6.93. The van der Waals surface area contributed by atoms with Gasteiger partial charge in [0.05, 0.1) is 6.10 Å². The van der Waals surface area contributed by atoms with E-state index in [4.69, 9.17) is 4.74 Å². The van der Waals surface area contributed by atoms with Crippen molar-refractivity contribution in [2.24, 2.45) is 5.92 Å². The minimum absolute atomic E-state index is 0.192. The summed E-state index contributed by atoms with van der Waals surface area (Å²) in [6.07, 6.45) is 9.15. The molecule has 0 N–H and O–H groups in total. The normalized spacial score (nSPS) is 23.4. The maximum Gasteiger partial charge on any atom is 0.387 e. The zero-order chi connectivity index (χ0) is 14.4. The molecule has 0 aromatic heterocycles. The summed E-state index contributed by atoms with van der Waals surface area (Å²) >= 11 is 0. The Bertz CT molecular complexity index is 421. The summed E-state index contributed by atoms with van der Waals surface area (Å²) in [5.74, 6) is 0.774. The topological polar surface area (TPSA) is 18.5 Å². The van der Waals surface area contributed by atoms with Crippen LogP contribution in [0.2, 0.25) is 0 Å². The summed E-state index contributed by atoms with van der Waals surface area (Å²) < 4.78 is 33.7. The third-order valence-electron chi connectivity index (χ3n) is 3.72. The summed E-state index contributed by atoms with van der Waals surface area (Å²) in [7, 11) is 1.77. The second kappa shape index (κ2) is 7.39. The van der Waals surface area contributed by atoms with Crippen molar-refractivity contribution in [3.63, 3.8) is 0 Å². The van der Waals surface area contributed by atoms with E-state index in [1.54, 1.807) is 31.4 Å². The average molecular weight is 282 g/mol. The highest BCUT2D eigenvalue weighted by Crippen LogP contribution is 2.27. The van der Waals surface area contributed by atoms with Crippen molar-refractivity contribution in [1.29, 1.82) is 0 Å². The van der Waals surface area contributed by atoms with Gasteiger partial charge in [0, 0.05) is 7.11 Å². The van der Waals surface area contributed by atoms with Gasteiger partial charge in [0.1, 0.15) is 5.75 Å². The summed E-state index contributed by atoms with van der Waals surface area (Å²) in [6.45, 7) is -2.77. The van der Waals surface area contributed by atoms with Crippen LogP contribution in [0.4, 0.5) is 8.78 Å². The lowest BCUT2D eigenvalue weighted by Crippen LogP contribution is -2.19. The molecule has 0 heterocycles. The molecule has 0 bridgehead atoms. The first kappa shape index (κ1) is 15.0. The molecule has 1 saturated carbocycles. The predicted octanol–water partition coefficient (Wildman–Crippen LogP) is 4.51. The summed E-state index contributed by atoms with van der Waals surface area (Å²) in [5.41, 5.74) is 1.00. The number of benzene rings is 1. The highest BCUT2D eigenvalue weighted by Gasteiger charge is 2.18. The van der Waals surface area contributed by atoms with Crippen LogP contribution in [0.15, 0.2) is 30.3 Å². The molecular weight excluding hydrogens is 262 g/mol. The molecule has 20 heavy (non-hydrogen) atoms. The van der Waals surface area contributed by atoms with Gasteiger partial charge < -0.3 is 9.47 Å². The van der Waals surface area contributed by atoms with Crippen molar-refractivity contribution < 1.29 is 18.3 Å². The van der Waals surface area contributed by atoms with Crippen LogP contribution in [0.5, 0.6) is 5.75 Å². The van der Waals surface area contributed by atoms with Gasteiger partial charge in [-0.15, -0.1) is 0 Å². The molecule has 1 aliphatic carbocycles. The Hall–Kier alpha value is -1.42. The molecule has 0 amide bonds. The first-order chi connectivity index (χ1) is 9.67. The molecule has 110 valence electrons. The molecule has 2 nitrogen and oxygen atoms in total. The van der Waals surface area contributed by atoms with Crippen LogP contribution in [0.3, 0.4) is 0 Å². The van der Waals surface area contributed by atoms with Gasteiger partial charge >= 0.3 is 6.61 Å². The number of hydrogen-bond donors (Lipinski definition) is 0. The monoisotopic (exact) mass is 282 g/mol. The van der Waals surface area contributed by atoms with Crippen molar-refractivity contribution >= 4 is 6.08 Å². The van der Waals surface area contributed by atoms with Gasteiger partial charge in [0.15, 0.2) is 0 Å². The predicted molar refractivity (Wildman–Crippen MR) is 74.9 cm³/mol. The van der Waals surface area contributed by atoms with E-state index in [2.05, 4.69) is 10.8 Å². The third kappa shape index (κ3) is 4.60. The lowest BCUT2D eigenvalue weighted by atomic mass is 9.87. The van der Waals surface area contributed by atoms with E-state index in [1.807, 2.05) is 6.08 Å². The van der Waals surface area contributed by atoms with Gasteiger partial charge in [-0.25, -0.2) is 0 Å². The Labute approximate surface area is 118 Å². The van der Waals surface area contributed by atoms with Crippen LogP contribution in [0.25, 0.3) is 6.08 Å². The van der Waals surface area contributed by atoms with Crippen LogP contribution in [-0.2, 0) is 4.74 Å². The van der Waals surface area contributed by atoms with Gasteiger partial charge in [-0.1, -0.05) is 24.3 Å². The van der Waals surface area contributed by atoms with Crippen molar-refractivity contribution in [1.82, 2.24) is 0 Å². The quantitative estimate of drug-likeness (QED) is 0.791. The fourth-order valence-corrected chi connectivity index (χ4v) is 2.52. The number of allylic oxidation sites excluding steroid dienone is 1.